The molecule has 1 aliphatic rings. The molecule has 0 bridgehead atoms. The first-order valence-electron chi connectivity index (χ1n) is 5.61. The van der Waals surface area contributed by atoms with Gasteiger partial charge in [0.2, 0.25) is 11.8 Å². The lowest BCUT2D eigenvalue weighted by molar-refractivity contribution is -0.129. The number of ether oxygens (including phenoxy) is 2. The third-order valence-electron chi connectivity index (χ3n) is 2.62. The van der Waals surface area contributed by atoms with Gasteiger partial charge in [0.1, 0.15) is 5.92 Å². The topological polar surface area (TPSA) is 117 Å². The van der Waals surface area contributed by atoms with Gasteiger partial charge in [0, 0.05) is 17.9 Å². The molecule has 0 aromatic carbocycles. The maximum absolute atomic E-state index is 11.4. The Labute approximate surface area is 114 Å². The van der Waals surface area contributed by atoms with Crippen LogP contribution >= 0.6 is 0 Å². The average Bonchev–Trinajstić information content (AvgIpc) is 2.46. The molecule has 8 heteroatoms. The third-order valence-corrected chi connectivity index (χ3v) is 2.62. The van der Waals surface area contributed by atoms with E-state index in [1.54, 1.807) is 0 Å². The highest BCUT2D eigenvalue weighted by Gasteiger charge is 2.25. The minimum atomic E-state index is -1.10. The van der Waals surface area contributed by atoms with Crippen LogP contribution in [0.2, 0.25) is 0 Å². The van der Waals surface area contributed by atoms with E-state index in [0.29, 0.717) is 11.3 Å². The lowest BCUT2D eigenvalue weighted by Crippen LogP contribution is -2.29. The van der Waals surface area contributed by atoms with Crippen molar-refractivity contribution in [3.63, 3.8) is 0 Å². The normalized spacial score (nSPS) is 17.6. The highest BCUT2D eigenvalue weighted by molar-refractivity contribution is 6.19. The predicted octanol–water partition coefficient (Wildman–Crippen LogP) is -0.410. The molecule has 0 saturated carbocycles. The number of amides is 2. The summed E-state index contributed by atoms with van der Waals surface area (Å²) in [4.78, 5) is 34.3. The van der Waals surface area contributed by atoms with E-state index < -0.39 is 17.7 Å². The second kappa shape index (κ2) is 5.47. The molecule has 0 aliphatic carbocycles. The minimum Gasteiger partial charge on any atom is -0.481 e. The van der Waals surface area contributed by atoms with Crippen LogP contribution < -0.4 is 15.2 Å². The Balaban J connectivity index is 2.45. The van der Waals surface area contributed by atoms with E-state index in [4.69, 9.17) is 15.2 Å². The lowest BCUT2D eigenvalue weighted by atomic mass is 10.00. The molecular formula is C12H12N4O4. The fourth-order valence-electron chi connectivity index (χ4n) is 1.61. The number of hydrogen-bond acceptors (Lipinski definition) is 6. The van der Waals surface area contributed by atoms with E-state index in [-0.39, 0.29) is 11.9 Å². The Bertz CT molecular complexity index is 602. The molecular weight excluding hydrogens is 264 g/mol. The molecule has 1 atom stereocenters. The maximum Gasteiger partial charge on any atom is 0.320 e. The van der Waals surface area contributed by atoms with Gasteiger partial charge >= 0.3 is 6.01 Å². The number of carbonyl (C=O) groups excluding carboxylic acids is 2. The number of aliphatic imine (C=N–C) groups is 1. The van der Waals surface area contributed by atoms with E-state index in [9.17, 15) is 9.59 Å². The van der Waals surface area contributed by atoms with Crippen LogP contribution in [0.4, 0.5) is 0 Å². The van der Waals surface area contributed by atoms with Crippen LogP contribution in [-0.4, -0.2) is 42.2 Å². The van der Waals surface area contributed by atoms with Crippen LogP contribution in [-0.2, 0) is 9.59 Å². The van der Waals surface area contributed by atoms with Crippen molar-refractivity contribution in [3.8, 4) is 11.9 Å². The second-order valence-corrected chi connectivity index (χ2v) is 3.88. The van der Waals surface area contributed by atoms with Gasteiger partial charge in [0.05, 0.1) is 19.9 Å². The van der Waals surface area contributed by atoms with Gasteiger partial charge in [-0.25, -0.2) is 4.99 Å². The van der Waals surface area contributed by atoms with E-state index >= 15 is 0 Å². The number of primary amides is 1. The molecule has 2 rings (SSSR count). The molecule has 20 heavy (non-hydrogen) atoms. The highest BCUT2D eigenvalue weighted by Crippen LogP contribution is 2.22. The summed E-state index contributed by atoms with van der Waals surface area (Å²) in [5.41, 5.74) is 6.03. The number of hydrogen-bond donors (Lipinski definition) is 1. The van der Waals surface area contributed by atoms with Gasteiger partial charge in [0.15, 0.2) is 0 Å². The monoisotopic (exact) mass is 276 g/mol. The Kier molecular flexibility index (Phi) is 3.74. The molecule has 2 amide bonds. The molecule has 1 aromatic rings. The standard InChI is InChI=1S/C12H12N4O4/c1-19-9-4-8(15-12(16-9)20-2)6-3-7(10(13)17)11(18)14-5-6/h3-5,7H,1-2H3,(H2,13,17). The van der Waals surface area contributed by atoms with E-state index in [1.807, 2.05) is 0 Å². The zero-order valence-corrected chi connectivity index (χ0v) is 10.9. The number of allylic oxidation sites excluding steroid dienone is 1. The summed E-state index contributed by atoms with van der Waals surface area (Å²) in [5.74, 6) is -2.18. The lowest BCUT2D eigenvalue weighted by Gasteiger charge is -2.12. The molecule has 104 valence electrons. The summed E-state index contributed by atoms with van der Waals surface area (Å²) in [5, 5.41) is 0. The molecule has 1 aromatic heterocycles. The van der Waals surface area contributed by atoms with Gasteiger partial charge in [-0.2, -0.15) is 9.97 Å². The number of nitrogens with zero attached hydrogens (tertiary/aromatic N) is 3. The zero-order valence-electron chi connectivity index (χ0n) is 10.9. The number of rotatable bonds is 4. The van der Waals surface area contributed by atoms with E-state index in [0.717, 1.165) is 0 Å². The summed E-state index contributed by atoms with van der Waals surface area (Å²) in [6, 6.07) is 1.63. The largest absolute Gasteiger partial charge is 0.481 e. The van der Waals surface area contributed by atoms with Crippen LogP contribution in [0.25, 0.3) is 5.57 Å². The van der Waals surface area contributed by atoms with E-state index in [2.05, 4.69) is 15.0 Å². The molecule has 1 aliphatic heterocycles. The first-order chi connectivity index (χ1) is 9.55. The van der Waals surface area contributed by atoms with Gasteiger partial charge in [-0.15, -0.1) is 0 Å². The smallest absolute Gasteiger partial charge is 0.320 e. The van der Waals surface area contributed by atoms with Crippen LogP contribution in [0.3, 0.4) is 0 Å². The van der Waals surface area contributed by atoms with Crippen molar-refractivity contribution >= 4 is 23.6 Å². The van der Waals surface area contributed by atoms with Gasteiger partial charge in [-0.1, -0.05) is 6.08 Å². The van der Waals surface area contributed by atoms with Gasteiger partial charge in [-0.3, -0.25) is 9.59 Å². The SMILES string of the molecule is COc1cc(C2=CC(C(N)=O)C(=O)N=C2)nc(OC)n1. The molecule has 1 unspecified atom stereocenters. The Morgan fingerprint density at radius 2 is 2.05 bits per heavy atom. The van der Waals surface area contributed by atoms with Crippen molar-refractivity contribution in [3.05, 3.63) is 17.8 Å². The Morgan fingerprint density at radius 1 is 1.30 bits per heavy atom. The number of dihydropyridines is 1. The summed E-state index contributed by atoms with van der Waals surface area (Å²) in [6.07, 6.45) is 2.71. The van der Waals surface area contributed by atoms with Crippen molar-refractivity contribution in [2.24, 2.45) is 16.6 Å². The molecule has 2 N–H and O–H groups in total. The zero-order chi connectivity index (χ0) is 14.7. The Hall–Kier alpha value is -2.77. The molecule has 8 nitrogen and oxygen atoms in total. The predicted molar refractivity (Wildman–Crippen MR) is 69.3 cm³/mol. The van der Waals surface area contributed by atoms with Crippen molar-refractivity contribution in [1.29, 1.82) is 0 Å². The molecule has 0 spiro atoms. The highest BCUT2D eigenvalue weighted by atomic mass is 16.5. The summed E-state index contributed by atoms with van der Waals surface area (Å²) >= 11 is 0. The summed E-state index contributed by atoms with van der Waals surface area (Å²) in [6.45, 7) is 0. The maximum atomic E-state index is 11.4. The van der Waals surface area contributed by atoms with Crippen molar-refractivity contribution in [2.75, 3.05) is 14.2 Å². The second-order valence-electron chi connectivity index (χ2n) is 3.88. The first-order valence-corrected chi connectivity index (χ1v) is 5.61. The number of methoxy groups -OCH3 is 2. The average molecular weight is 276 g/mol. The number of nitrogens with two attached hydrogens (primary N) is 1. The van der Waals surface area contributed by atoms with Crippen molar-refractivity contribution in [2.45, 2.75) is 0 Å². The van der Waals surface area contributed by atoms with Crippen LogP contribution in [0.1, 0.15) is 5.69 Å². The van der Waals surface area contributed by atoms with Crippen molar-refractivity contribution in [1.82, 2.24) is 9.97 Å². The number of aromatic nitrogens is 2. The molecule has 0 fully saturated rings. The molecule has 2 heterocycles. The van der Waals surface area contributed by atoms with Crippen LogP contribution in [0.5, 0.6) is 11.9 Å². The summed E-state index contributed by atoms with van der Waals surface area (Å²) in [7, 11) is 2.86. The van der Waals surface area contributed by atoms with Crippen LogP contribution in [0, 0.1) is 5.92 Å². The number of carbonyl (C=O) groups is 2. The van der Waals surface area contributed by atoms with Gasteiger partial charge < -0.3 is 15.2 Å². The fourth-order valence-corrected chi connectivity index (χ4v) is 1.61. The third kappa shape index (κ3) is 2.63. The molecule has 0 saturated heterocycles. The van der Waals surface area contributed by atoms with E-state index in [1.165, 1.54) is 32.6 Å². The first kappa shape index (κ1) is 13.7. The van der Waals surface area contributed by atoms with Gasteiger partial charge in [-0.05, 0) is 0 Å². The minimum absolute atomic E-state index is 0.0983. The fraction of sp³-hybridized carbons (Fsp3) is 0.250. The molecule has 0 radical (unpaired) electrons. The van der Waals surface area contributed by atoms with Crippen LogP contribution in [0.15, 0.2) is 17.1 Å². The quantitative estimate of drug-likeness (QED) is 0.747. The van der Waals surface area contributed by atoms with Gasteiger partial charge in [0.25, 0.3) is 5.91 Å². The summed E-state index contributed by atoms with van der Waals surface area (Å²) < 4.78 is 9.97. The Morgan fingerprint density at radius 3 is 2.65 bits per heavy atom. The van der Waals surface area contributed by atoms with Crippen molar-refractivity contribution < 1.29 is 19.1 Å².